The number of piperidine rings is 2. The van der Waals surface area contributed by atoms with Gasteiger partial charge in [-0.25, -0.2) is 4.79 Å². The first kappa shape index (κ1) is 17.5. The normalized spacial score (nSPS) is 21.5. The van der Waals surface area contributed by atoms with E-state index in [1.807, 2.05) is 18.2 Å². The van der Waals surface area contributed by atoms with Crippen LogP contribution in [0.2, 0.25) is 0 Å². The summed E-state index contributed by atoms with van der Waals surface area (Å²) in [5.41, 5.74) is 2.13. The summed E-state index contributed by atoms with van der Waals surface area (Å²) < 4.78 is 3.07. The highest BCUT2D eigenvalue weighted by Crippen LogP contribution is 2.31. The van der Waals surface area contributed by atoms with E-state index in [1.54, 1.807) is 11.6 Å². The van der Waals surface area contributed by atoms with Crippen molar-refractivity contribution in [1.82, 2.24) is 14.5 Å². The molecule has 1 aromatic carbocycles. The minimum absolute atomic E-state index is 0.0948. The number of carbonyl (C=O) groups excluding carboxylic acids is 3. The monoisotopic (exact) mass is 370 g/mol. The average molecular weight is 370 g/mol. The topological polar surface area (TPSA) is 93.4 Å². The van der Waals surface area contributed by atoms with E-state index in [4.69, 9.17) is 0 Å². The van der Waals surface area contributed by atoms with Crippen LogP contribution in [0.3, 0.4) is 0 Å². The van der Waals surface area contributed by atoms with Crippen LogP contribution in [-0.2, 0) is 21.4 Å². The van der Waals surface area contributed by atoms with Gasteiger partial charge in [-0.15, -0.1) is 0 Å². The summed E-state index contributed by atoms with van der Waals surface area (Å²) in [7, 11) is 1.70. The lowest BCUT2D eigenvalue weighted by molar-refractivity contribution is -0.135. The van der Waals surface area contributed by atoms with E-state index in [1.165, 1.54) is 4.57 Å². The first-order valence-corrected chi connectivity index (χ1v) is 9.25. The van der Waals surface area contributed by atoms with Crippen LogP contribution in [0.4, 0.5) is 5.69 Å². The Labute approximate surface area is 155 Å². The number of anilines is 1. The van der Waals surface area contributed by atoms with Gasteiger partial charge in [0.15, 0.2) is 0 Å². The maximum atomic E-state index is 12.9. The van der Waals surface area contributed by atoms with E-state index >= 15 is 0 Å². The summed E-state index contributed by atoms with van der Waals surface area (Å²) in [6.07, 6.45) is 3.15. The Morgan fingerprint density at radius 2 is 1.85 bits per heavy atom. The third-order valence-electron chi connectivity index (χ3n) is 5.68. The van der Waals surface area contributed by atoms with Gasteiger partial charge >= 0.3 is 5.69 Å². The lowest BCUT2D eigenvalue weighted by Gasteiger charge is -2.32. The molecule has 0 spiro atoms. The minimum Gasteiger partial charge on any atom is -0.370 e. The molecular weight excluding hydrogens is 348 g/mol. The molecule has 0 bridgehead atoms. The van der Waals surface area contributed by atoms with E-state index in [0.717, 1.165) is 43.4 Å². The van der Waals surface area contributed by atoms with Crippen LogP contribution in [0.5, 0.6) is 0 Å². The minimum atomic E-state index is -0.685. The number of imide groups is 1. The molecule has 3 heterocycles. The molecule has 0 aliphatic carbocycles. The molecule has 0 unspecified atom stereocenters. The third kappa shape index (κ3) is 2.85. The molecule has 1 N–H and O–H groups in total. The number of aromatic nitrogens is 2. The number of benzene rings is 1. The number of aryl methyl sites for hydroxylation is 1. The molecule has 2 saturated heterocycles. The van der Waals surface area contributed by atoms with Gasteiger partial charge in [0.2, 0.25) is 11.8 Å². The summed E-state index contributed by atoms with van der Waals surface area (Å²) in [6, 6.07) is 5.00. The number of amides is 2. The number of nitrogens with one attached hydrogen (secondary N) is 1. The first-order valence-electron chi connectivity index (χ1n) is 9.25. The van der Waals surface area contributed by atoms with Crippen LogP contribution < -0.4 is 15.9 Å². The molecule has 1 aromatic heterocycles. The Balaban J connectivity index is 1.79. The lowest BCUT2D eigenvalue weighted by atomic mass is 9.98. The highest BCUT2D eigenvalue weighted by Gasteiger charge is 2.32. The molecule has 27 heavy (non-hydrogen) atoms. The predicted molar refractivity (Wildman–Crippen MR) is 99.6 cm³/mol. The number of para-hydroxylation sites is 1. The second kappa shape index (κ2) is 6.68. The number of hydrogen-bond donors (Lipinski definition) is 1. The van der Waals surface area contributed by atoms with Gasteiger partial charge in [0.1, 0.15) is 12.3 Å². The standard InChI is InChI=1S/C19H22N4O4/c1-21-17-13(22-9-7-12(11-24)8-10-22)3-2-4-14(17)23(19(21)27)15-5-6-16(25)20-18(15)26/h2-4,11-12,15H,5-10H2,1H3,(H,20,25,26)/t15-/m1/s1. The maximum absolute atomic E-state index is 12.9. The van der Waals surface area contributed by atoms with Gasteiger partial charge in [-0.1, -0.05) is 6.07 Å². The summed E-state index contributed by atoms with van der Waals surface area (Å²) in [5, 5.41) is 2.33. The van der Waals surface area contributed by atoms with Gasteiger partial charge in [0.25, 0.3) is 0 Å². The van der Waals surface area contributed by atoms with Gasteiger partial charge in [-0.05, 0) is 31.4 Å². The van der Waals surface area contributed by atoms with E-state index in [-0.39, 0.29) is 23.9 Å². The van der Waals surface area contributed by atoms with Crippen LogP contribution in [0, 0.1) is 5.92 Å². The Hall–Kier alpha value is -2.90. The molecule has 2 aliphatic rings. The molecule has 8 heteroatoms. The lowest BCUT2D eigenvalue weighted by Crippen LogP contribution is -2.44. The van der Waals surface area contributed by atoms with Crippen molar-refractivity contribution in [1.29, 1.82) is 0 Å². The van der Waals surface area contributed by atoms with E-state index in [2.05, 4.69) is 10.2 Å². The molecule has 2 aromatic rings. The zero-order valence-electron chi connectivity index (χ0n) is 15.2. The zero-order chi connectivity index (χ0) is 19.1. The summed E-state index contributed by atoms with van der Waals surface area (Å²) in [5.74, 6) is -0.640. The second-order valence-corrected chi connectivity index (χ2v) is 7.28. The first-order chi connectivity index (χ1) is 13.0. The zero-order valence-corrected chi connectivity index (χ0v) is 15.2. The van der Waals surface area contributed by atoms with Gasteiger partial charge in [0, 0.05) is 32.5 Å². The quantitative estimate of drug-likeness (QED) is 0.635. The molecule has 2 fully saturated rings. The fourth-order valence-electron chi connectivity index (χ4n) is 4.18. The molecule has 142 valence electrons. The summed E-state index contributed by atoms with van der Waals surface area (Å²) >= 11 is 0. The van der Waals surface area contributed by atoms with Crippen molar-refractivity contribution < 1.29 is 14.4 Å². The Kier molecular flexibility index (Phi) is 4.33. The van der Waals surface area contributed by atoms with Crippen molar-refractivity contribution in [2.45, 2.75) is 31.7 Å². The van der Waals surface area contributed by atoms with Crippen LogP contribution >= 0.6 is 0 Å². The van der Waals surface area contributed by atoms with Crippen LogP contribution in [0.25, 0.3) is 11.0 Å². The van der Waals surface area contributed by atoms with E-state index < -0.39 is 11.9 Å². The third-order valence-corrected chi connectivity index (χ3v) is 5.68. The Bertz CT molecular complexity index is 981. The smallest absolute Gasteiger partial charge is 0.329 e. The SMILES string of the molecule is Cn1c(=O)n([C@@H]2CCC(=O)NC2=O)c2cccc(N3CCC(C=O)CC3)c21. The number of hydrogen-bond acceptors (Lipinski definition) is 5. The number of carbonyl (C=O) groups is 3. The molecule has 4 rings (SSSR count). The largest absolute Gasteiger partial charge is 0.370 e. The van der Waals surface area contributed by atoms with Gasteiger partial charge in [-0.2, -0.15) is 0 Å². The Morgan fingerprint density at radius 1 is 1.11 bits per heavy atom. The van der Waals surface area contributed by atoms with Crippen LogP contribution in [-0.4, -0.2) is 40.3 Å². The summed E-state index contributed by atoms with van der Waals surface area (Å²) in [4.78, 5) is 49.9. The molecule has 2 aliphatic heterocycles. The van der Waals surface area contributed by atoms with Crippen molar-refractivity contribution in [3.63, 3.8) is 0 Å². The maximum Gasteiger partial charge on any atom is 0.329 e. The molecule has 8 nitrogen and oxygen atoms in total. The highest BCUT2D eigenvalue weighted by atomic mass is 16.2. The van der Waals surface area contributed by atoms with Crippen molar-refractivity contribution >= 4 is 34.8 Å². The fraction of sp³-hybridized carbons (Fsp3) is 0.474. The molecule has 2 amide bonds. The van der Waals surface area contributed by atoms with Crippen molar-refractivity contribution in [3.05, 3.63) is 28.7 Å². The van der Waals surface area contributed by atoms with Gasteiger partial charge in [0.05, 0.1) is 16.7 Å². The van der Waals surface area contributed by atoms with Crippen molar-refractivity contribution in [2.24, 2.45) is 13.0 Å². The molecular formula is C19H22N4O4. The summed E-state index contributed by atoms with van der Waals surface area (Å²) in [6.45, 7) is 1.50. The number of imidazole rings is 1. The van der Waals surface area contributed by atoms with E-state index in [0.29, 0.717) is 11.9 Å². The van der Waals surface area contributed by atoms with Crippen LogP contribution in [0.1, 0.15) is 31.7 Å². The number of aldehydes is 1. The molecule has 1 atom stereocenters. The number of rotatable bonds is 3. The second-order valence-electron chi connectivity index (χ2n) is 7.28. The van der Waals surface area contributed by atoms with Crippen molar-refractivity contribution in [2.75, 3.05) is 18.0 Å². The Morgan fingerprint density at radius 3 is 2.52 bits per heavy atom. The average Bonchev–Trinajstić information content (AvgIpc) is 2.93. The number of fused-ring (bicyclic) bond motifs is 1. The molecule has 0 radical (unpaired) electrons. The molecule has 0 saturated carbocycles. The fourth-order valence-corrected chi connectivity index (χ4v) is 4.18. The highest BCUT2D eigenvalue weighted by molar-refractivity contribution is 6.00. The van der Waals surface area contributed by atoms with E-state index in [9.17, 15) is 19.2 Å². The van der Waals surface area contributed by atoms with Gasteiger partial charge in [-0.3, -0.25) is 24.0 Å². The van der Waals surface area contributed by atoms with Gasteiger partial charge < -0.3 is 9.69 Å². The predicted octanol–water partition coefficient (Wildman–Crippen LogP) is 0.733. The van der Waals surface area contributed by atoms with Crippen molar-refractivity contribution in [3.8, 4) is 0 Å². The number of nitrogens with zero attached hydrogens (tertiary/aromatic N) is 3. The van der Waals surface area contributed by atoms with Crippen LogP contribution in [0.15, 0.2) is 23.0 Å².